The summed E-state index contributed by atoms with van der Waals surface area (Å²) in [5.41, 5.74) is 0. The van der Waals surface area contributed by atoms with Crippen molar-refractivity contribution in [2.24, 2.45) is 11.8 Å². The Kier molecular flexibility index (Phi) is 4.22. The molecule has 0 aromatic rings. The van der Waals surface area contributed by atoms with Crippen LogP contribution in [0.15, 0.2) is 0 Å². The van der Waals surface area contributed by atoms with Crippen LogP contribution in [-0.2, 0) is 4.74 Å². The fourth-order valence-corrected chi connectivity index (χ4v) is 2.45. The lowest BCUT2D eigenvalue weighted by molar-refractivity contribution is 0.0740. The molecule has 88 valence electrons. The molecule has 1 N–H and O–H groups in total. The van der Waals surface area contributed by atoms with E-state index in [1.807, 2.05) is 0 Å². The maximum absolute atomic E-state index is 11.3. The molecule has 1 saturated carbocycles. The number of hydrogen-bond acceptors (Lipinski definition) is 3. The van der Waals surface area contributed by atoms with Crippen LogP contribution < -0.4 is 5.32 Å². The first kappa shape index (κ1) is 12.6. The second kappa shape index (κ2) is 5.03. The molecule has 1 unspecified atom stereocenters. The Hall–Kier alpha value is -0.480. The molecule has 3 atom stereocenters. The number of nitrogens with zero attached hydrogens (tertiary/aromatic N) is 1. The van der Waals surface area contributed by atoms with Gasteiger partial charge in [-0.1, -0.05) is 0 Å². The largest absolute Gasteiger partial charge is 0.446 e. The van der Waals surface area contributed by atoms with Gasteiger partial charge in [-0.2, -0.15) is 0 Å². The van der Waals surface area contributed by atoms with Crippen molar-refractivity contribution >= 4 is 18.5 Å². The first-order chi connectivity index (χ1) is 6.66. The van der Waals surface area contributed by atoms with Crippen molar-refractivity contribution in [3.63, 3.8) is 0 Å². The Labute approximate surface area is 96.7 Å². The molecule has 0 aromatic heterocycles. The average molecular weight is 235 g/mol. The standard InChI is InChI=1S/C10H18N2O2.ClH/c1-12(2)10(13)14-9-3-7-5-11-6-8(7)4-9;/h7-9,11H,3-6H2,1-2H3;1H/t7-,8+,9?;. The highest BCUT2D eigenvalue weighted by molar-refractivity contribution is 5.85. The Morgan fingerprint density at radius 3 is 2.27 bits per heavy atom. The van der Waals surface area contributed by atoms with Gasteiger partial charge in [-0.25, -0.2) is 4.79 Å². The predicted molar refractivity (Wildman–Crippen MR) is 60.3 cm³/mol. The molecule has 1 amide bonds. The zero-order valence-electron chi connectivity index (χ0n) is 9.23. The van der Waals surface area contributed by atoms with Crippen LogP contribution in [0.3, 0.4) is 0 Å². The summed E-state index contributed by atoms with van der Waals surface area (Å²) in [5.74, 6) is 1.46. The van der Waals surface area contributed by atoms with E-state index in [0.717, 1.165) is 37.8 Å². The van der Waals surface area contributed by atoms with Crippen molar-refractivity contribution in [1.82, 2.24) is 10.2 Å². The smallest absolute Gasteiger partial charge is 0.409 e. The van der Waals surface area contributed by atoms with Crippen molar-refractivity contribution < 1.29 is 9.53 Å². The summed E-state index contributed by atoms with van der Waals surface area (Å²) >= 11 is 0. The number of hydrogen-bond donors (Lipinski definition) is 1. The molecule has 0 spiro atoms. The molecule has 1 heterocycles. The van der Waals surface area contributed by atoms with Gasteiger partial charge in [0.15, 0.2) is 0 Å². The fourth-order valence-electron chi connectivity index (χ4n) is 2.45. The van der Waals surface area contributed by atoms with Crippen LogP contribution in [-0.4, -0.2) is 44.3 Å². The van der Waals surface area contributed by atoms with Crippen molar-refractivity contribution in [2.45, 2.75) is 18.9 Å². The van der Waals surface area contributed by atoms with E-state index in [4.69, 9.17) is 4.74 Å². The van der Waals surface area contributed by atoms with E-state index in [9.17, 15) is 4.79 Å². The summed E-state index contributed by atoms with van der Waals surface area (Å²) in [4.78, 5) is 12.8. The number of carbonyl (C=O) groups is 1. The number of ether oxygens (including phenoxy) is 1. The van der Waals surface area contributed by atoms with E-state index in [-0.39, 0.29) is 24.6 Å². The number of rotatable bonds is 1. The third kappa shape index (κ3) is 2.75. The topological polar surface area (TPSA) is 41.6 Å². The molecular formula is C10H19ClN2O2. The maximum atomic E-state index is 11.3. The van der Waals surface area contributed by atoms with E-state index in [0.29, 0.717) is 0 Å². The van der Waals surface area contributed by atoms with Crippen LogP contribution in [0.1, 0.15) is 12.8 Å². The molecule has 5 heteroatoms. The van der Waals surface area contributed by atoms with Gasteiger partial charge in [-0.3, -0.25) is 0 Å². The van der Waals surface area contributed by atoms with Crippen LogP contribution in [0.2, 0.25) is 0 Å². The zero-order valence-corrected chi connectivity index (χ0v) is 10.0. The number of halogens is 1. The SMILES string of the molecule is CN(C)C(=O)OC1C[C@H]2CNC[C@H]2C1.Cl. The quantitative estimate of drug-likeness (QED) is 0.739. The number of carbonyl (C=O) groups excluding carboxylic acids is 1. The molecule has 2 aliphatic rings. The highest BCUT2D eigenvalue weighted by Gasteiger charge is 2.39. The zero-order chi connectivity index (χ0) is 10.1. The van der Waals surface area contributed by atoms with E-state index in [2.05, 4.69) is 5.32 Å². The Morgan fingerprint density at radius 2 is 1.80 bits per heavy atom. The van der Waals surface area contributed by atoms with Crippen molar-refractivity contribution in [3.8, 4) is 0 Å². The molecule has 0 bridgehead atoms. The Morgan fingerprint density at radius 1 is 1.27 bits per heavy atom. The van der Waals surface area contributed by atoms with Crippen LogP contribution in [0.4, 0.5) is 4.79 Å². The monoisotopic (exact) mass is 234 g/mol. The molecular weight excluding hydrogens is 216 g/mol. The molecule has 1 saturated heterocycles. The third-order valence-electron chi connectivity index (χ3n) is 3.24. The van der Waals surface area contributed by atoms with Crippen molar-refractivity contribution in [2.75, 3.05) is 27.2 Å². The molecule has 1 aliphatic heterocycles. The van der Waals surface area contributed by atoms with Crippen LogP contribution in [0, 0.1) is 11.8 Å². The first-order valence-electron chi connectivity index (χ1n) is 5.25. The van der Waals surface area contributed by atoms with Gasteiger partial charge in [0.25, 0.3) is 0 Å². The molecule has 0 radical (unpaired) electrons. The lowest BCUT2D eigenvalue weighted by atomic mass is 10.0. The van der Waals surface area contributed by atoms with Gasteiger partial charge in [0.05, 0.1) is 0 Å². The lowest BCUT2D eigenvalue weighted by Gasteiger charge is -2.16. The number of fused-ring (bicyclic) bond motifs is 1. The normalized spacial score (nSPS) is 33.1. The highest BCUT2D eigenvalue weighted by Crippen LogP contribution is 2.36. The fraction of sp³-hybridized carbons (Fsp3) is 0.900. The summed E-state index contributed by atoms with van der Waals surface area (Å²) in [7, 11) is 3.44. The average Bonchev–Trinajstić information content (AvgIpc) is 2.63. The molecule has 2 fully saturated rings. The summed E-state index contributed by atoms with van der Waals surface area (Å²) in [6, 6.07) is 0. The Bertz CT molecular complexity index is 223. The van der Waals surface area contributed by atoms with Gasteiger partial charge in [-0.15, -0.1) is 12.4 Å². The number of amides is 1. The van der Waals surface area contributed by atoms with Crippen LogP contribution >= 0.6 is 12.4 Å². The van der Waals surface area contributed by atoms with E-state index >= 15 is 0 Å². The molecule has 1 aliphatic carbocycles. The third-order valence-corrected chi connectivity index (χ3v) is 3.24. The van der Waals surface area contributed by atoms with Crippen molar-refractivity contribution in [1.29, 1.82) is 0 Å². The summed E-state index contributed by atoms with van der Waals surface area (Å²) in [6.45, 7) is 2.20. The number of nitrogens with one attached hydrogen (secondary N) is 1. The summed E-state index contributed by atoms with van der Waals surface area (Å²) in [5, 5.41) is 3.37. The van der Waals surface area contributed by atoms with E-state index in [1.165, 1.54) is 4.90 Å². The van der Waals surface area contributed by atoms with Gasteiger partial charge >= 0.3 is 6.09 Å². The minimum Gasteiger partial charge on any atom is -0.446 e. The van der Waals surface area contributed by atoms with Gasteiger partial charge < -0.3 is 15.0 Å². The minimum absolute atomic E-state index is 0. The maximum Gasteiger partial charge on any atom is 0.409 e. The van der Waals surface area contributed by atoms with Gasteiger partial charge in [0, 0.05) is 14.1 Å². The molecule has 15 heavy (non-hydrogen) atoms. The second-order valence-electron chi connectivity index (χ2n) is 4.55. The van der Waals surface area contributed by atoms with Crippen molar-refractivity contribution in [3.05, 3.63) is 0 Å². The van der Waals surface area contributed by atoms with Gasteiger partial charge in [0.2, 0.25) is 0 Å². The van der Waals surface area contributed by atoms with Gasteiger partial charge in [-0.05, 0) is 37.8 Å². The highest BCUT2D eigenvalue weighted by atomic mass is 35.5. The first-order valence-corrected chi connectivity index (χ1v) is 5.25. The van der Waals surface area contributed by atoms with Crippen LogP contribution in [0.5, 0.6) is 0 Å². The minimum atomic E-state index is -0.206. The molecule has 2 rings (SSSR count). The van der Waals surface area contributed by atoms with E-state index < -0.39 is 0 Å². The van der Waals surface area contributed by atoms with Crippen LogP contribution in [0.25, 0.3) is 0 Å². The second-order valence-corrected chi connectivity index (χ2v) is 4.55. The predicted octanol–water partition coefficient (Wildman–Crippen LogP) is 1.10. The summed E-state index contributed by atoms with van der Waals surface area (Å²) < 4.78 is 5.37. The lowest BCUT2D eigenvalue weighted by Crippen LogP contribution is -2.27. The van der Waals surface area contributed by atoms with E-state index in [1.54, 1.807) is 14.1 Å². The Balaban J connectivity index is 0.00000112. The summed E-state index contributed by atoms with van der Waals surface area (Å²) in [6.07, 6.45) is 2.03. The molecule has 0 aromatic carbocycles. The van der Waals surface area contributed by atoms with Gasteiger partial charge in [0.1, 0.15) is 6.10 Å². The molecule has 4 nitrogen and oxygen atoms in total.